The predicted molar refractivity (Wildman–Crippen MR) is 73.2 cm³/mol. The van der Waals surface area contributed by atoms with Crippen molar-refractivity contribution in [3.05, 3.63) is 0 Å². The molecule has 0 spiro atoms. The van der Waals surface area contributed by atoms with Gasteiger partial charge in [0, 0.05) is 24.7 Å². The zero-order valence-corrected chi connectivity index (χ0v) is 12.0. The zero-order chi connectivity index (χ0) is 12.9. The van der Waals surface area contributed by atoms with Gasteiger partial charge in [-0.05, 0) is 39.7 Å². The van der Waals surface area contributed by atoms with Crippen LogP contribution in [0.2, 0.25) is 0 Å². The highest BCUT2D eigenvalue weighted by Crippen LogP contribution is 2.33. The Hall–Kier alpha value is -0.120. The molecule has 2 N–H and O–H groups in total. The van der Waals surface area contributed by atoms with Crippen molar-refractivity contribution in [3.63, 3.8) is 0 Å². The van der Waals surface area contributed by atoms with Crippen molar-refractivity contribution in [1.82, 2.24) is 4.90 Å². The van der Waals surface area contributed by atoms with Crippen LogP contribution >= 0.6 is 0 Å². The zero-order valence-electron chi connectivity index (χ0n) is 12.0. The van der Waals surface area contributed by atoms with Gasteiger partial charge in [0.15, 0.2) is 0 Å². The molecule has 1 fully saturated rings. The average Bonchev–Trinajstić information content (AvgIpc) is 2.30. The minimum Gasteiger partial charge on any atom is -0.378 e. The molecule has 0 saturated carbocycles. The van der Waals surface area contributed by atoms with E-state index in [1.54, 1.807) is 0 Å². The Balaban J connectivity index is 2.78. The van der Waals surface area contributed by atoms with Crippen LogP contribution in [0.25, 0.3) is 0 Å². The SMILES string of the molecule is CCCC1CC(CN)(N(CC)C(C)C)CCO1. The Labute approximate surface area is 107 Å². The molecule has 0 radical (unpaired) electrons. The van der Waals surface area contributed by atoms with E-state index in [4.69, 9.17) is 10.5 Å². The Morgan fingerprint density at radius 3 is 2.59 bits per heavy atom. The lowest BCUT2D eigenvalue weighted by Gasteiger charge is -2.49. The smallest absolute Gasteiger partial charge is 0.0593 e. The molecule has 17 heavy (non-hydrogen) atoms. The first kappa shape index (κ1) is 14.9. The topological polar surface area (TPSA) is 38.5 Å². The maximum absolute atomic E-state index is 6.11. The molecule has 1 aliphatic rings. The maximum atomic E-state index is 6.11. The van der Waals surface area contributed by atoms with Gasteiger partial charge in [0.2, 0.25) is 0 Å². The van der Waals surface area contributed by atoms with E-state index in [0.29, 0.717) is 12.1 Å². The largest absolute Gasteiger partial charge is 0.378 e. The van der Waals surface area contributed by atoms with E-state index in [1.165, 1.54) is 6.42 Å². The van der Waals surface area contributed by atoms with Gasteiger partial charge in [-0.2, -0.15) is 0 Å². The van der Waals surface area contributed by atoms with Crippen molar-refractivity contribution >= 4 is 0 Å². The lowest BCUT2D eigenvalue weighted by Crippen LogP contribution is -2.60. The van der Waals surface area contributed by atoms with Crippen molar-refractivity contribution in [3.8, 4) is 0 Å². The Morgan fingerprint density at radius 2 is 2.12 bits per heavy atom. The summed E-state index contributed by atoms with van der Waals surface area (Å²) >= 11 is 0. The average molecular weight is 242 g/mol. The number of ether oxygens (including phenoxy) is 1. The third kappa shape index (κ3) is 3.43. The molecule has 102 valence electrons. The molecule has 1 heterocycles. The minimum atomic E-state index is 0.168. The molecule has 1 saturated heterocycles. The van der Waals surface area contributed by atoms with Crippen molar-refractivity contribution in [2.24, 2.45) is 5.73 Å². The van der Waals surface area contributed by atoms with Gasteiger partial charge >= 0.3 is 0 Å². The van der Waals surface area contributed by atoms with Gasteiger partial charge in [0.1, 0.15) is 0 Å². The highest BCUT2D eigenvalue weighted by molar-refractivity contribution is 4.97. The van der Waals surface area contributed by atoms with Gasteiger partial charge in [-0.3, -0.25) is 4.90 Å². The summed E-state index contributed by atoms with van der Waals surface area (Å²) in [7, 11) is 0. The number of hydrogen-bond acceptors (Lipinski definition) is 3. The Morgan fingerprint density at radius 1 is 1.41 bits per heavy atom. The molecule has 0 bridgehead atoms. The van der Waals surface area contributed by atoms with Crippen LogP contribution in [0, 0.1) is 0 Å². The van der Waals surface area contributed by atoms with E-state index in [1.807, 2.05) is 0 Å². The number of hydrogen-bond donors (Lipinski definition) is 1. The molecule has 1 rings (SSSR count). The summed E-state index contributed by atoms with van der Waals surface area (Å²) in [5.41, 5.74) is 6.28. The van der Waals surface area contributed by atoms with Gasteiger partial charge in [0.25, 0.3) is 0 Å². The van der Waals surface area contributed by atoms with Crippen molar-refractivity contribution in [2.45, 2.75) is 71.1 Å². The van der Waals surface area contributed by atoms with E-state index < -0.39 is 0 Å². The molecule has 3 heteroatoms. The molecule has 1 aliphatic heterocycles. The van der Waals surface area contributed by atoms with Crippen LogP contribution < -0.4 is 5.73 Å². The maximum Gasteiger partial charge on any atom is 0.0593 e. The lowest BCUT2D eigenvalue weighted by atomic mass is 9.82. The monoisotopic (exact) mass is 242 g/mol. The summed E-state index contributed by atoms with van der Waals surface area (Å²) in [5.74, 6) is 0. The lowest BCUT2D eigenvalue weighted by molar-refractivity contribution is -0.0810. The normalized spacial score (nSPS) is 30.2. The van der Waals surface area contributed by atoms with Crippen molar-refractivity contribution < 1.29 is 4.74 Å². The van der Waals surface area contributed by atoms with Crippen LogP contribution in [0.5, 0.6) is 0 Å². The summed E-state index contributed by atoms with van der Waals surface area (Å²) in [5, 5.41) is 0. The first-order chi connectivity index (χ1) is 8.09. The molecular weight excluding hydrogens is 212 g/mol. The minimum absolute atomic E-state index is 0.168. The van der Waals surface area contributed by atoms with Gasteiger partial charge < -0.3 is 10.5 Å². The van der Waals surface area contributed by atoms with Crippen LogP contribution in [0.4, 0.5) is 0 Å². The molecule has 0 aromatic carbocycles. The summed E-state index contributed by atoms with van der Waals surface area (Å²) in [6.45, 7) is 11.7. The summed E-state index contributed by atoms with van der Waals surface area (Å²) < 4.78 is 5.87. The summed E-state index contributed by atoms with van der Waals surface area (Å²) in [6, 6.07) is 0.559. The summed E-state index contributed by atoms with van der Waals surface area (Å²) in [6.07, 6.45) is 4.94. The van der Waals surface area contributed by atoms with Gasteiger partial charge in [-0.25, -0.2) is 0 Å². The number of nitrogens with zero attached hydrogens (tertiary/aromatic N) is 1. The predicted octanol–water partition coefficient (Wildman–Crippen LogP) is 2.39. The Kier molecular flexibility index (Phi) is 5.90. The molecular formula is C14H30N2O. The third-order valence-electron chi connectivity index (χ3n) is 4.09. The molecule has 0 amide bonds. The van der Waals surface area contributed by atoms with Crippen LogP contribution in [0.1, 0.15) is 53.4 Å². The van der Waals surface area contributed by atoms with Crippen LogP contribution in [-0.4, -0.2) is 42.3 Å². The third-order valence-corrected chi connectivity index (χ3v) is 4.09. The fourth-order valence-corrected chi connectivity index (χ4v) is 3.32. The van der Waals surface area contributed by atoms with E-state index in [0.717, 1.165) is 39.0 Å². The van der Waals surface area contributed by atoms with Crippen molar-refractivity contribution in [1.29, 1.82) is 0 Å². The second-order valence-corrected chi connectivity index (χ2v) is 5.54. The first-order valence-electron chi connectivity index (χ1n) is 7.18. The number of likely N-dealkylation sites (N-methyl/N-ethyl adjacent to an activating group) is 1. The van der Waals surface area contributed by atoms with Crippen LogP contribution in [0.3, 0.4) is 0 Å². The van der Waals surface area contributed by atoms with Crippen LogP contribution in [-0.2, 0) is 4.74 Å². The quantitative estimate of drug-likeness (QED) is 0.777. The molecule has 2 unspecified atom stereocenters. The van der Waals surface area contributed by atoms with E-state index >= 15 is 0 Å². The fourth-order valence-electron chi connectivity index (χ4n) is 3.32. The number of nitrogens with two attached hydrogens (primary N) is 1. The standard InChI is InChI=1S/C14H30N2O/c1-5-7-13-10-14(11-15,8-9-17-13)16(6-2)12(3)4/h12-13H,5-11,15H2,1-4H3. The second kappa shape index (κ2) is 6.72. The highest BCUT2D eigenvalue weighted by atomic mass is 16.5. The molecule has 3 nitrogen and oxygen atoms in total. The molecule has 0 aromatic rings. The van der Waals surface area contributed by atoms with Crippen molar-refractivity contribution in [2.75, 3.05) is 19.7 Å². The number of rotatable bonds is 6. The molecule has 2 atom stereocenters. The van der Waals surface area contributed by atoms with Gasteiger partial charge in [-0.15, -0.1) is 0 Å². The van der Waals surface area contributed by atoms with E-state index in [-0.39, 0.29) is 5.54 Å². The van der Waals surface area contributed by atoms with E-state index in [2.05, 4.69) is 32.6 Å². The van der Waals surface area contributed by atoms with Gasteiger partial charge in [-0.1, -0.05) is 20.3 Å². The first-order valence-corrected chi connectivity index (χ1v) is 7.18. The Bertz CT molecular complexity index is 218. The van der Waals surface area contributed by atoms with E-state index in [9.17, 15) is 0 Å². The summed E-state index contributed by atoms with van der Waals surface area (Å²) in [4.78, 5) is 2.57. The van der Waals surface area contributed by atoms with Crippen LogP contribution in [0.15, 0.2) is 0 Å². The second-order valence-electron chi connectivity index (χ2n) is 5.54. The highest BCUT2D eigenvalue weighted by Gasteiger charge is 2.40. The van der Waals surface area contributed by atoms with Gasteiger partial charge in [0.05, 0.1) is 6.10 Å². The fraction of sp³-hybridized carbons (Fsp3) is 1.00. The molecule has 0 aromatic heterocycles. The molecule has 0 aliphatic carbocycles.